The number of anilines is 2. The summed E-state index contributed by atoms with van der Waals surface area (Å²) in [6, 6.07) is 5.90. The number of halogens is 4. The number of nitrogens with one attached hydrogen (secondary N) is 1. The van der Waals surface area contributed by atoms with Gasteiger partial charge in [0, 0.05) is 30.3 Å². The molecule has 148 valence electrons. The third kappa shape index (κ3) is 3.94. The Labute approximate surface area is 165 Å². The first-order chi connectivity index (χ1) is 13.3. The number of hydrogen-bond donors (Lipinski definition) is 1. The Balaban J connectivity index is 2.12. The van der Waals surface area contributed by atoms with Crippen molar-refractivity contribution in [1.29, 1.82) is 0 Å². The van der Waals surface area contributed by atoms with Gasteiger partial charge in [0.25, 0.3) is 0 Å². The number of rotatable bonds is 6. The van der Waals surface area contributed by atoms with Gasteiger partial charge in [-0.25, -0.2) is 13.2 Å². The van der Waals surface area contributed by atoms with Crippen LogP contribution in [-0.2, 0) is 7.05 Å². The second-order valence-corrected chi connectivity index (χ2v) is 6.70. The summed E-state index contributed by atoms with van der Waals surface area (Å²) in [4.78, 5) is 0. The fraction of sp³-hybridized carbons (Fsp3) is 0.250. The van der Waals surface area contributed by atoms with Crippen molar-refractivity contribution in [3.8, 4) is 16.9 Å². The summed E-state index contributed by atoms with van der Waals surface area (Å²) in [7, 11) is 1.67. The molecule has 0 bridgehead atoms. The van der Waals surface area contributed by atoms with Crippen LogP contribution in [0.15, 0.2) is 30.3 Å². The highest BCUT2D eigenvalue weighted by molar-refractivity contribution is 6.33. The van der Waals surface area contributed by atoms with Gasteiger partial charge in [0.1, 0.15) is 28.9 Å². The van der Waals surface area contributed by atoms with Crippen molar-refractivity contribution in [3.63, 3.8) is 0 Å². The maximum atomic E-state index is 14.5. The van der Waals surface area contributed by atoms with E-state index in [-0.39, 0.29) is 16.5 Å². The lowest BCUT2D eigenvalue weighted by Gasteiger charge is -2.16. The first kappa shape index (κ1) is 20.1. The quantitative estimate of drug-likeness (QED) is 0.542. The number of nitrogens with zero attached hydrogens (tertiary/aromatic N) is 2. The van der Waals surface area contributed by atoms with Gasteiger partial charge < -0.3 is 10.1 Å². The van der Waals surface area contributed by atoms with Gasteiger partial charge in [-0.1, -0.05) is 18.5 Å². The first-order valence-electron chi connectivity index (χ1n) is 8.69. The first-order valence-corrected chi connectivity index (χ1v) is 9.07. The van der Waals surface area contributed by atoms with Crippen molar-refractivity contribution in [2.24, 2.45) is 7.05 Å². The van der Waals surface area contributed by atoms with Crippen molar-refractivity contribution >= 4 is 23.1 Å². The number of hydrogen-bond acceptors (Lipinski definition) is 3. The Morgan fingerprint density at radius 2 is 1.89 bits per heavy atom. The van der Waals surface area contributed by atoms with Crippen LogP contribution in [0.2, 0.25) is 5.02 Å². The van der Waals surface area contributed by atoms with Gasteiger partial charge in [0.2, 0.25) is 0 Å². The molecule has 0 aliphatic rings. The molecule has 3 rings (SSSR count). The predicted molar refractivity (Wildman–Crippen MR) is 104 cm³/mol. The molecule has 1 N–H and O–H groups in total. The normalized spacial score (nSPS) is 11.0. The van der Waals surface area contributed by atoms with E-state index in [0.29, 0.717) is 35.7 Å². The molecule has 1 heterocycles. The van der Waals surface area contributed by atoms with Gasteiger partial charge >= 0.3 is 0 Å². The van der Waals surface area contributed by atoms with E-state index in [1.807, 2.05) is 6.92 Å². The summed E-state index contributed by atoms with van der Waals surface area (Å²) in [5.41, 5.74) is 1.71. The van der Waals surface area contributed by atoms with E-state index in [9.17, 15) is 13.2 Å². The van der Waals surface area contributed by atoms with Crippen molar-refractivity contribution < 1.29 is 17.9 Å². The number of aryl methyl sites for hydroxylation is 2. The molecular weight excluding hydrogens is 391 g/mol. The van der Waals surface area contributed by atoms with Crippen LogP contribution in [0.4, 0.5) is 24.7 Å². The molecule has 3 aromatic rings. The maximum absolute atomic E-state index is 14.5. The average Bonchev–Trinajstić information content (AvgIpc) is 2.89. The summed E-state index contributed by atoms with van der Waals surface area (Å²) < 4.78 is 48.7. The molecule has 0 aliphatic carbocycles. The van der Waals surface area contributed by atoms with Crippen LogP contribution in [0.5, 0.6) is 5.75 Å². The van der Waals surface area contributed by atoms with Crippen molar-refractivity contribution in [1.82, 2.24) is 9.78 Å². The van der Waals surface area contributed by atoms with E-state index < -0.39 is 17.5 Å². The molecule has 0 unspecified atom stereocenters. The molecule has 0 saturated heterocycles. The van der Waals surface area contributed by atoms with Gasteiger partial charge in [-0.05, 0) is 31.5 Å². The largest absolute Gasteiger partial charge is 0.491 e. The fourth-order valence-electron chi connectivity index (χ4n) is 2.93. The average molecular weight is 410 g/mol. The Morgan fingerprint density at radius 3 is 2.57 bits per heavy atom. The number of ether oxygens (including phenoxy) is 1. The standard InChI is InChI=1S/C20H19ClF3N3O/c1-4-7-28-17-10-13(23)9-16(24)19(17)25-20-18(11(2)26-27(20)3)14-6-5-12(22)8-15(14)21/h5-6,8-10,25H,4,7H2,1-3H3. The summed E-state index contributed by atoms with van der Waals surface area (Å²) in [5, 5.41) is 7.50. The molecule has 2 aromatic carbocycles. The van der Waals surface area contributed by atoms with E-state index in [1.165, 1.54) is 22.9 Å². The molecule has 0 spiro atoms. The second-order valence-electron chi connectivity index (χ2n) is 6.29. The Kier molecular flexibility index (Phi) is 5.84. The van der Waals surface area contributed by atoms with Crippen LogP contribution >= 0.6 is 11.6 Å². The van der Waals surface area contributed by atoms with Gasteiger partial charge in [0.15, 0.2) is 5.82 Å². The summed E-state index contributed by atoms with van der Waals surface area (Å²) in [6.45, 7) is 3.95. The van der Waals surface area contributed by atoms with Crippen LogP contribution in [0, 0.1) is 24.4 Å². The van der Waals surface area contributed by atoms with Crippen LogP contribution < -0.4 is 10.1 Å². The van der Waals surface area contributed by atoms with Crippen molar-refractivity contribution in [3.05, 3.63) is 58.5 Å². The van der Waals surface area contributed by atoms with Crippen LogP contribution in [-0.4, -0.2) is 16.4 Å². The zero-order valence-electron chi connectivity index (χ0n) is 15.6. The van der Waals surface area contributed by atoms with E-state index in [1.54, 1.807) is 14.0 Å². The lowest BCUT2D eigenvalue weighted by molar-refractivity contribution is 0.315. The fourth-order valence-corrected chi connectivity index (χ4v) is 3.19. The molecule has 0 radical (unpaired) electrons. The Morgan fingerprint density at radius 1 is 1.14 bits per heavy atom. The molecule has 0 atom stereocenters. The molecule has 0 saturated carbocycles. The third-order valence-corrected chi connectivity index (χ3v) is 4.46. The third-order valence-electron chi connectivity index (χ3n) is 4.15. The SMILES string of the molecule is CCCOc1cc(F)cc(F)c1Nc1c(-c2ccc(F)cc2Cl)c(C)nn1C. The molecule has 4 nitrogen and oxygen atoms in total. The van der Waals surface area contributed by atoms with Crippen LogP contribution in [0.25, 0.3) is 11.1 Å². The van der Waals surface area contributed by atoms with Crippen molar-refractivity contribution in [2.45, 2.75) is 20.3 Å². The van der Waals surface area contributed by atoms with E-state index in [0.717, 1.165) is 12.1 Å². The summed E-state index contributed by atoms with van der Waals surface area (Å²) in [5.74, 6) is -1.55. The molecule has 1 aromatic heterocycles. The van der Waals surface area contributed by atoms with Gasteiger partial charge in [-0.3, -0.25) is 4.68 Å². The summed E-state index contributed by atoms with van der Waals surface area (Å²) in [6.07, 6.45) is 0.679. The highest BCUT2D eigenvalue weighted by Crippen LogP contribution is 2.40. The lowest BCUT2D eigenvalue weighted by Crippen LogP contribution is -2.06. The Hall–Kier alpha value is -2.67. The minimum Gasteiger partial charge on any atom is -0.491 e. The summed E-state index contributed by atoms with van der Waals surface area (Å²) >= 11 is 6.22. The lowest BCUT2D eigenvalue weighted by atomic mass is 10.1. The van der Waals surface area contributed by atoms with Gasteiger partial charge in [0.05, 0.1) is 17.3 Å². The minimum atomic E-state index is -0.805. The topological polar surface area (TPSA) is 39.1 Å². The smallest absolute Gasteiger partial charge is 0.153 e. The highest BCUT2D eigenvalue weighted by Gasteiger charge is 2.21. The molecule has 28 heavy (non-hydrogen) atoms. The molecular formula is C20H19ClF3N3O. The predicted octanol–water partition coefficient (Wildman–Crippen LogP) is 6.00. The van der Waals surface area contributed by atoms with Crippen LogP contribution in [0.1, 0.15) is 19.0 Å². The maximum Gasteiger partial charge on any atom is 0.153 e. The van der Waals surface area contributed by atoms with Gasteiger partial charge in [-0.15, -0.1) is 0 Å². The highest BCUT2D eigenvalue weighted by atomic mass is 35.5. The molecule has 8 heteroatoms. The molecule has 0 fully saturated rings. The van der Waals surface area contributed by atoms with E-state index in [2.05, 4.69) is 10.4 Å². The zero-order chi connectivity index (χ0) is 20.4. The monoisotopic (exact) mass is 409 g/mol. The molecule has 0 amide bonds. The zero-order valence-corrected chi connectivity index (χ0v) is 16.4. The number of benzene rings is 2. The Bertz CT molecular complexity index is 1020. The number of aromatic nitrogens is 2. The van der Waals surface area contributed by atoms with Crippen molar-refractivity contribution in [2.75, 3.05) is 11.9 Å². The van der Waals surface area contributed by atoms with Crippen LogP contribution in [0.3, 0.4) is 0 Å². The van der Waals surface area contributed by atoms with Gasteiger partial charge in [-0.2, -0.15) is 5.10 Å². The minimum absolute atomic E-state index is 0.0164. The second kappa shape index (κ2) is 8.14. The molecule has 0 aliphatic heterocycles. The van der Waals surface area contributed by atoms with E-state index >= 15 is 0 Å². The van der Waals surface area contributed by atoms with E-state index in [4.69, 9.17) is 16.3 Å².